The average molecular weight is 434 g/mol. The first-order valence-electron chi connectivity index (χ1n) is 10.1. The molecule has 0 aliphatic heterocycles. The van der Waals surface area contributed by atoms with E-state index in [9.17, 15) is 9.59 Å². The Morgan fingerprint density at radius 1 is 1.10 bits per heavy atom. The standard InChI is InChI=1S/C24H23N3O3S/c1-3-17-8-11-19(12-9-17)27(24-25-20-6-4-5-7-21(20)31-24)23(29)18-10-13-22(28)26(16-18)14-15-30-2/h4-13,16H,3,14-15H2,1-2H3. The third kappa shape index (κ3) is 4.42. The van der Waals surface area contributed by atoms with Crippen LogP contribution in [0.2, 0.25) is 0 Å². The van der Waals surface area contributed by atoms with Crippen molar-refractivity contribution in [3.8, 4) is 0 Å². The Morgan fingerprint density at radius 2 is 1.87 bits per heavy atom. The second kappa shape index (κ2) is 9.24. The Hall–Kier alpha value is -3.29. The molecule has 0 atom stereocenters. The van der Waals surface area contributed by atoms with Gasteiger partial charge in [-0.3, -0.25) is 14.5 Å². The lowest BCUT2D eigenvalue weighted by Crippen LogP contribution is -2.29. The van der Waals surface area contributed by atoms with Gasteiger partial charge in [0, 0.05) is 25.9 Å². The number of aromatic nitrogens is 2. The number of anilines is 2. The molecule has 6 nitrogen and oxygen atoms in total. The third-order valence-electron chi connectivity index (χ3n) is 5.05. The van der Waals surface area contributed by atoms with E-state index in [0.29, 0.717) is 23.8 Å². The molecule has 0 aliphatic carbocycles. The highest BCUT2D eigenvalue weighted by Crippen LogP contribution is 2.34. The molecule has 0 saturated carbocycles. The summed E-state index contributed by atoms with van der Waals surface area (Å²) in [6, 6.07) is 18.7. The van der Waals surface area contributed by atoms with Crippen molar-refractivity contribution in [1.82, 2.24) is 9.55 Å². The number of methoxy groups -OCH3 is 1. The fraction of sp³-hybridized carbons (Fsp3) is 0.208. The first-order valence-corrected chi connectivity index (χ1v) is 10.9. The van der Waals surface area contributed by atoms with Crippen molar-refractivity contribution < 1.29 is 9.53 Å². The number of hydrogen-bond acceptors (Lipinski definition) is 5. The third-order valence-corrected chi connectivity index (χ3v) is 6.07. The normalized spacial score (nSPS) is 11.0. The maximum absolute atomic E-state index is 13.7. The van der Waals surface area contributed by atoms with Gasteiger partial charge in [-0.25, -0.2) is 4.98 Å². The maximum atomic E-state index is 13.7. The fourth-order valence-electron chi connectivity index (χ4n) is 3.30. The molecule has 0 N–H and O–H groups in total. The molecule has 2 aromatic heterocycles. The van der Waals surface area contributed by atoms with Gasteiger partial charge in [-0.05, 0) is 42.3 Å². The lowest BCUT2D eigenvalue weighted by Gasteiger charge is -2.21. The van der Waals surface area contributed by atoms with Crippen molar-refractivity contribution in [2.45, 2.75) is 19.9 Å². The van der Waals surface area contributed by atoms with Crippen molar-refractivity contribution in [1.29, 1.82) is 0 Å². The molecule has 4 rings (SSSR count). The lowest BCUT2D eigenvalue weighted by molar-refractivity contribution is 0.0998. The molecule has 31 heavy (non-hydrogen) atoms. The number of nitrogens with zero attached hydrogens (tertiary/aromatic N) is 3. The molecule has 0 saturated heterocycles. The van der Waals surface area contributed by atoms with Gasteiger partial charge in [-0.15, -0.1) is 0 Å². The Labute approximate surface area is 184 Å². The van der Waals surface area contributed by atoms with Crippen LogP contribution < -0.4 is 10.5 Å². The van der Waals surface area contributed by atoms with Gasteiger partial charge in [0.05, 0.1) is 28.1 Å². The highest BCUT2D eigenvalue weighted by atomic mass is 32.1. The summed E-state index contributed by atoms with van der Waals surface area (Å²) >= 11 is 1.46. The van der Waals surface area contributed by atoms with Crippen molar-refractivity contribution in [2.24, 2.45) is 0 Å². The van der Waals surface area contributed by atoms with E-state index in [1.807, 2.05) is 48.5 Å². The number of hydrogen-bond donors (Lipinski definition) is 0. The van der Waals surface area contributed by atoms with E-state index in [0.717, 1.165) is 22.3 Å². The number of amides is 1. The van der Waals surface area contributed by atoms with Crippen LogP contribution in [0.4, 0.5) is 10.8 Å². The molecule has 0 radical (unpaired) electrons. The van der Waals surface area contributed by atoms with Crippen LogP contribution in [-0.4, -0.2) is 29.2 Å². The Kier molecular flexibility index (Phi) is 6.25. The summed E-state index contributed by atoms with van der Waals surface area (Å²) < 4.78 is 7.58. The number of carbonyl (C=O) groups excluding carboxylic acids is 1. The van der Waals surface area contributed by atoms with E-state index in [2.05, 4.69) is 6.92 Å². The molecule has 7 heteroatoms. The van der Waals surface area contributed by atoms with Crippen LogP contribution in [0, 0.1) is 0 Å². The monoisotopic (exact) mass is 433 g/mol. The van der Waals surface area contributed by atoms with Crippen LogP contribution in [0.25, 0.3) is 10.2 Å². The minimum atomic E-state index is -0.241. The number of ether oxygens (including phenoxy) is 1. The molecule has 158 valence electrons. The molecule has 1 amide bonds. The Balaban J connectivity index is 1.80. The van der Waals surface area contributed by atoms with Crippen molar-refractivity contribution in [3.05, 3.63) is 88.3 Å². The summed E-state index contributed by atoms with van der Waals surface area (Å²) in [5.41, 5.74) is 3.00. The molecular weight excluding hydrogens is 410 g/mol. The van der Waals surface area contributed by atoms with Crippen LogP contribution in [0.3, 0.4) is 0 Å². The number of para-hydroxylation sites is 1. The smallest absolute Gasteiger partial charge is 0.266 e. The topological polar surface area (TPSA) is 64.4 Å². The van der Waals surface area contributed by atoms with Crippen LogP contribution >= 0.6 is 11.3 Å². The van der Waals surface area contributed by atoms with Gasteiger partial charge >= 0.3 is 0 Å². The number of fused-ring (bicyclic) bond motifs is 1. The van der Waals surface area contributed by atoms with E-state index in [4.69, 9.17) is 9.72 Å². The van der Waals surface area contributed by atoms with E-state index in [1.54, 1.807) is 24.3 Å². The molecule has 0 spiro atoms. The van der Waals surface area contributed by atoms with E-state index >= 15 is 0 Å². The number of carbonyl (C=O) groups is 1. The van der Waals surface area contributed by atoms with Crippen LogP contribution in [-0.2, 0) is 17.7 Å². The minimum absolute atomic E-state index is 0.174. The van der Waals surface area contributed by atoms with E-state index < -0.39 is 0 Å². The van der Waals surface area contributed by atoms with Gasteiger partial charge in [-0.2, -0.15) is 0 Å². The Morgan fingerprint density at radius 3 is 2.58 bits per heavy atom. The number of aryl methyl sites for hydroxylation is 1. The van der Waals surface area contributed by atoms with E-state index in [-0.39, 0.29) is 11.5 Å². The van der Waals surface area contributed by atoms with Gasteiger partial charge in [0.2, 0.25) is 0 Å². The molecule has 2 aromatic carbocycles. The predicted octanol–water partition coefficient (Wildman–Crippen LogP) is 4.65. The quantitative estimate of drug-likeness (QED) is 0.426. The van der Waals surface area contributed by atoms with Gasteiger partial charge in [0.25, 0.3) is 11.5 Å². The molecular formula is C24H23N3O3S. The zero-order chi connectivity index (χ0) is 21.8. The highest BCUT2D eigenvalue weighted by Gasteiger charge is 2.24. The number of rotatable bonds is 7. The molecule has 2 heterocycles. The van der Waals surface area contributed by atoms with Crippen molar-refractivity contribution in [3.63, 3.8) is 0 Å². The van der Waals surface area contributed by atoms with Gasteiger partial charge < -0.3 is 9.30 Å². The van der Waals surface area contributed by atoms with Crippen molar-refractivity contribution >= 4 is 38.3 Å². The summed E-state index contributed by atoms with van der Waals surface area (Å²) in [6.07, 6.45) is 2.50. The first-order chi connectivity index (χ1) is 15.1. The van der Waals surface area contributed by atoms with Gasteiger partial charge in [0.15, 0.2) is 5.13 Å². The molecule has 0 bridgehead atoms. The van der Waals surface area contributed by atoms with Crippen LogP contribution in [0.5, 0.6) is 0 Å². The predicted molar refractivity (Wildman–Crippen MR) is 124 cm³/mol. The summed E-state index contributed by atoms with van der Waals surface area (Å²) in [4.78, 5) is 32.1. The largest absolute Gasteiger partial charge is 0.383 e. The number of thiazole rings is 1. The van der Waals surface area contributed by atoms with Crippen LogP contribution in [0.1, 0.15) is 22.8 Å². The second-order valence-corrected chi connectivity index (χ2v) is 8.08. The highest BCUT2D eigenvalue weighted by molar-refractivity contribution is 7.22. The molecule has 0 fully saturated rings. The first kappa shape index (κ1) is 21.0. The van der Waals surface area contributed by atoms with Gasteiger partial charge in [0.1, 0.15) is 0 Å². The lowest BCUT2D eigenvalue weighted by atomic mass is 10.1. The summed E-state index contributed by atoms with van der Waals surface area (Å²) in [5, 5.41) is 0.588. The maximum Gasteiger partial charge on any atom is 0.266 e. The summed E-state index contributed by atoms with van der Waals surface area (Å²) in [5.74, 6) is -0.241. The minimum Gasteiger partial charge on any atom is -0.383 e. The summed E-state index contributed by atoms with van der Waals surface area (Å²) in [7, 11) is 1.58. The van der Waals surface area contributed by atoms with Crippen LogP contribution in [0.15, 0.2) is 71.7 Å². The van der Waals surface area contributed by atoms with Gasteiger partial charge in [-0.1, -0.05) is 42.5 Å². The Bertz CT molecular complexity index is 1230. The zero-order valence-corrected chi connectivity index (χ0v) is 18.3. The zero-order valence-electron chi connectivity index (χ0n) is 17.4. The second-order valence-electron chi connectivity index (χ2n) is 7.07. The van der Waals surface area contributed by atoms with Crippen molar-refractivity contribution in [2.75, 3.05) is 18.6 Å². The van der Waals surface area contributed by atoms with E-state index in [1.165, 1.54) is 27.5 Å². The average Bonchev–Trinajstić information content (AvgIpc) is 3.22. The molecule has 4 aromatic rings. The SMILES string of the molecule is CCc1ccc(N(C(=O)c2ccc(=O)n(CCOC)c2)c2nc3ccccc3s2)cc1. The number of pyridine rings is 1. The number of benzene rings is 2. The summed E-state index contributed by atoms with van der Waals surface area (Å²) in [6.45, 7) is 2.86. The molecule has 0 unspecified atom stereocenters. The fourth-order valence-corrected chi connectivity index (χ4v) is 4.29. The molecule has 0 aliphatic rings.